The molecule has 3 aromatic rings. The van der Waals surface area contributed by atoms with Gasteiger partial charge in [0.05, 0.1) is 36.7 Å². The third-order valence-electron chi connectivity index (χ3n) is 6.21. The topological polar surface area (TPSA) is 93.8 Å². The number of hydrogen-bond donors (Lipinski definition) is 1. The van der Waals surface area contributed by atoms with Gasteiger partial charge in [-0.1, -0.05) is 0 Å². The quantitative estimate of drug-likeness (QED) is 0.705. The van der Waals surface area contributed by atoms with Crippen molar-refractivity contribution in [1.82, 2.24) is 29.3 Å². The fraction of sp³-hybridized carbons (Fsp3) is 0.500. The number of nitrogens with zero attached hydrogens (tertiary/aromatic N) is 6. The van der Waals surface area contributed by atoms with Crippen molar-refractivity contribution in [1.29, 1.82) is 5.26 Å². The number of nitriles is 1. The van der Waals surface area contributed by atoms with Crippen LogP contribution in [0.4, 0.5) is 0 Å². The highest BCUT2D eigenvalue weighted by molar-refractivity contribution is 6.00. The lowest BCUT2D eigenvalue weighted by atomic mass is 10.0. The number of hydrogen-bond acceptors (Lipinski definition) is 5. The van der Waals surface area contributed by atoms with Gasteiger partial charge >= 0.3 is 0 Å². The zero-order valence-electron chi connectivity index (χ0n) is 15.7. The lowest BCUT2D eigenvalue weighted by Gasteiger charge is -2.35. The van der Waals surface area contributed by atoms with Crippen LogP contribution in [0.25, 0.3) is 22.1 Å². The molecule has 0 spiro atoms. The Hall–Kier alpha value is -2.92. The van der Waals surface area contributed by atoms with Crippen molar-refractivity contribution in [3.05, 3.63) is 24.8 Å². The first kappa shape index (κ1) is 17.2. The molecular weight excluding hydrogens is 354 g/mol. The van der Waals surface area contributed by atoms with E-state index in [0.717, 1.165) is 67.4 Å². The molecule has 1 N–H and O–H groups in total. The van der Waals surface area contributed by atoms with Gasteiger partial charge in [0.2, 0.25) is 5.91 Å². The molecule has 0 radical (unpaired) electrons. The van der Waals surface area contributed by atoms with Crippen LogP contribution >= 0.6 is 0 Å². The normalized spacial score (nSPS) is 21.5. The number of nitrogens with one attached hydrogen (secondary N) is 1. The van der Waals surface area contributed by atoms with E-state index in [-0.39, 0.29) is 11.9 Å². The average Bonchev–Trinajstić information content (AvgIpc) is 3.46. The van der Waals surface area contributed by atoms with E-state index in [9.17, 15) is 4.79 Å². The number of amides is 1. The average molecular weight is 377 g/mol. The Morgan fingerprint density at radius 3 is 2.93 bits per heavy atom. The predicted octanol–water partition coefficient (Wildman–Crippen LogP) is 2.06. The van der Waals surface area contributed by atoms with E-state index in [1.54, 1.807) is 0 Å². The van der Waals surface area contributed by atoms with Gasteiger partial charge in [-0.3, -0.25) is 9.69 Å². The number of piperidine rings is 1. The summed E-state index contributed by atoms with van der Waals surface area (Å²) in [4.78, 5) is 29.1. The molecule has 2 aliphatic rings. The summed E-state index contributed by atoms with van der Waals surface area (Å²) in [6.07, 6.45) is 9.32. The highest BCUT2D eigenvalue weighted by atomic mass is 16.2. The maximum Gasteiger partial charge on any atom is 0.239 e. The maximum absolute atomic E-state index is 13.0. The van der Waals surface area contributed by atoms with Crippen molar-refractivity contribution < 1.29 is 4.79 Å². The van der Waals surface area contributed by atoms with E-state index in [0.29, 0.717) is 12.6 Å². The fourth-order valence-corrected chi connectivity index (χ4v) is 4.77. The van der Waals surface area contributed by atoms with Gasteiger partial charge in [0, 0.05) is 37.3 Å². The number of fused-ring (bicyclic) bond motifs is 3. The molecule has 0 aliphatic carbocycles. The van der Waals surface area contributed by atoms with Crippen molar-refractivity contribution in [2.45, 2.75) is 37.8 Å². The third kappa shape index (κ3) is 2.74. The summed E-state index contributed by atoms with van der Waals surface area (Å²) >= 11 is 0. The number of carbonyl (C=O) groups excluding carboxylic acids is 1. The van der Waals surface area contributed by atoms with Crippen LogP contribution in [0.15, 0.2) is 24.8 Å². The highest BCUT2D eigenvalue weighted by Gasteiger charge is 2.35. The van der Waals surface area contributed by atoms with Crippen LogP contribution in [-0.2, 0) is 4.79 Å². The number of carbonyl (C=O) groups is 1. The molecule has 5 rings (SSSR count). The molecule has 3 aromatic heterocycles. The molecule has 8 nitrogen and oxygen atoms in total. The molecule has 8 heteroatoms. The van der Waals surface area contributed by atoms with Crippen LogP contribution in [0.3, 0.4) is 0 Å². The zero-order valence-corrected chi connectivity index (χ0v) is 15.7. The van der Waals surface area contributed by atoms with Crippen LogP contribution in [0.5, 0.6) is 0 Å². The molecule has 0 unspecified atom stereocenters. The summed E-state index contributed by atoms with van der Waals surface area (Å²) in [6, 6.07) is 4.45. The van der Waals surface area contributed by atoms with Gasteiger partial charge in [-0.05, 0) is 31.7 Å². The molecule has 0 bridgehead atoms. The van der Waals surface area contributed by atoms with E-state index in [4.69, 9.17) is 5.26 Å². The first-order valence-corrected chi connectivity index (χ1v) is 9.94. The molecule has 28 heavy (non-hydrogen) atoms. The molecular formula is C20H23N7O. The molecule has 2 saturated heterocycles. The predicted molar refractivity (Wildman–Crippen MR) is 104 cm³/mol. The highest BCUT2D eigenvalue weighted by Crippen LogP contribution is 2.31. The van der Waals surface area contributed by atoms with Gasteiger partial charge in [0.1, 0.15) is 11.2 Å². The van der Waals surface area contributed by atoms with Crippen LogP contribution in [0.2, 0.25) is 0 Å². The smallest absolute Gasteiger partial charge is 0.239 e. The molecule has 2 fully saturated rings. The molecule has 0 saturated carbocycles. The number of aromatic amines is 1. The second-order valence-electron chi connectivity index (χ2n) is 7.73. The van der Waals surface area contributed by atoms with Crippen molar-refractivity contribution >= 4 is 28.0 Å². The van der Waals surface area contributed by atoms with E-state index < -0.39 is 0 Å². The van der Waals surface area contributed by atoms with E-state index in [1.807, 2.05) is 34.6 Å². The van der Waals surface area contributed by atoms with E-state index >= 15 is 0 Å². The Morgan fingerprint density at radius 2 is 2.11 bits per heavy atom. The minimum absolute atomic E-state index is 0.115. The second-order valence-corrected chi connectivity index (χ2v) is 7.73. The van der Waals surface area contributed by atoms with Gasteiger partial charge in [-0.2, -0.15) is 5.26 Å². The minimum Gasteiger partial charge on any atom is -0.346 e. The van der Waals surface area contributed by atoms with Gasteiger partial charge in [0.15, 0.2) is 0 Å². The number of rotatable bonds is 3. The molecule has 2 aliphatic heterocycles. The fourth-order valence-electron chi connectivity index (χ4n) is 4.77. The summed E-state index contributed by atoms with van der Waals surface area (Å²) in [5.41, 5.74) is 2.90. The summed E-state index contributed by atoms with van der Waals surface area (Å²) in [6.45, 7) is 2.69. The lowest BCUT2D eigenvalue weighted by Crippen LogP contribution is -2.48. The number of H-pyrrole nitrogens is 1. The molecule has 1 atom stereocenters. The SMILES string of the molecule is N#CCN1CCC[C@H]1C(=O)N1CCC(n2cnc3cnc4[nH]ccc4c32)CC1. The van der Waals surface area contributed by atoms with Crippen molar-refractivity contribution in [3.63, 3.8) is 0 Å². The van der Waals surface area contributed by atoms with Crippen molar-refractivity contribution in [2.24, 2.45) is 0 Å². The largest absolute Gasteiger partial charge is 0.346 e. The zero-order chi connectivity index (χ0) is 19.1. The van der Waals surface area contributed by atoms with Gasteiger partial charge < -0.3 is 14.5 Å². The van der Waals surface area contributed by atoms with Crippen LogP contribution in [-0.4, -0.2) is 67.4 Å². The van der Waals surface area contributed by atoms with Crippen LogP contribution < -0.4 is 0 Å². The van der Waals surface area contributed by atoms with Gasteiger partial charge in [0.25, 0.3) is 0 Å². The Balaban J connectivity index is 1.33. The molecule has 144 valence electrons. The number of pyridine rings is 1. The monoisotopic (exact) mass is 377 g/mol. The number of likely N-dealkylation sites (tertiary alicyclic amines) is 2. The molecule has 1 amide bonds. The Bertz CT molecular complexity index is 1050. The Kier molecular flexibility index (Phi) is 4.24. The van der Waals surface area contributed by atoms with Crippen LogP contribution in [0, 0.1) is 11.3 Å². The first-order valence-electron chi connectivity index (χ1n) is 9.94. The lowest BCUT2D eigenvalue weighted by molar-refractivity contribution is -0.137. The Labute approximate surface area is 162 Å². The van der Waals surface area contributed by atoms with Gasteiger partial charge in [-0.15, -0.1) is 0 Å². The van der Waals surface area contributed by atoms with Crippen molar-refractivity contribution in [2.75, 3.05) is 26.2 Å². The minimum atomic E-state index is -0.115. The standard InChI is InChI=1S/C20H23N7O/c21-6-11-25-8-1-2-17(25)20(28)26-9-4-14(5-10-26)27-13-24-16-12-23-19-15(18(16)27)3-7-22-19/h3,7,12-14,17H,1-2,4-5,8-11H2,(H,22,23)/t17-/m0/s1. The third-order valence-corrected chi connectivity index (χ3v) is 6.21. The number of aromatic nitrogens is 4. The summed E-state index contributed by atoms with van der Waals surface area (Å²) in [5, 5.41) is 10.1. The van der Waals surface area contributed by atoms with Crippen molar-refractivity contribution in [3.8, 4) is 6.07 Å². The number of imidazole rings is 1. The molecule has 5 heterocycles. The Morgan fingerprint density at radius 1 is 1.25 bits per heavy atom. The summed E-state index contributed by atoms with van der Waals surface area (Å²) < 4.78 is 2.26. The van der Waals surface area contributed by atoms with E-state index in [1.165, 1.54) is 0 Å². The second kappa shape index (κ2) is 6.91. The van der Waals surface area contributed by atoms with Crippen LogP contribution in [0.1, 0.15) is 31.7 Å². The van der Waals surface area contributed by atoms with E-state index in [2.05, 4.69) is 25.6 Å². The summed E-state index contributed by atoms with van der Waals surface area (Å²) in [7, 11) is 0. The first-order chi connectivity index (χ1) is 13.8. The maximum atomic E-state index is 13.0. The summed E-state index contributed by atoms with van der Waals surface area (Å²) in [5.74, 6) is 0.193. The molecule has 0 aromatic carbocycles. The van der Waals surface area contributed by atoms with Gasteiger partial charge in [-0.25, -0.2) is 9.97 Å².